The summed E-state index contributed by atoms with van der Waals surface area (Å²) in [6, 6.07) is 6.29. The standard InChI is InChI=1S/C21H29N3O4/c1-4-15-12-24(21(27)23-20(15)26)19-10-17(25)18(28-19)11-22-9-8-16-13(2)6-5-7-14(16)3/h5-7,12,17-19,22,25H,4,8-11H2,1-3H3,(H,23,26,27)/t17-,18+,19+/m0/s1. The molecule has 1 aromatic heterocycles. The van der Waals surface area contributed by atoms with E-state index < -0.39 is 24.1 Å². The third-order valence-electron chi connectivity index (χ3n) is 5.48. The average molecular weight is 387 g/mol. The summed E-state index contributed by atoms with van der Waals surface area (Å²) in [4.78, 5) is 26.2. The Morgan fingerprint density at radius 2 is 2.00 bits per heavy atom. The highest BCUT2D eigenvalue weighted by molar-refractivity contribution is 5.33. The Labute approximate surface area is 164 Å². The van der Waals surface area contributed by atoms with Gasteiger partial charge >= 0.3 is 5.69 Å². The smallest absolute Gasteiger partial charge is 0.330 e. The summed E-state index contributed by atoms with van der Waals surface area (Å²) in [5.41, 5.74) is 3.54. The Morgan fingerprint density at radius 1 is 1.29 bits per heavy atom. The van der Waals surface area contributed by atoms with Crippen molar-refractivity contribution in [3.63, 3.8) is 0 Å². The predicted molar refractivity (Wildman–Crippen MR) is 108 cm³/mol. The number of ether oxygens (including phenoxy) is 1. The summed E-state index contributed by atoms with van der Waals surface area (Å²) in [5.74, 6) is 0. The topological polar surface area (TPSA) is 96.3 Å². The van der Waals surface area contributed by atoms with Crippen LogP contribution in [0, 0.1) is 13.8 Å². The maximum absolute atomic E-state index is 12.1. The molecule has 0 radical (unpaired) electrons. The first-order valence-electron chi connectivity index (χ1n) is 9.84. The van der Waals surface area contributed by atoms with Gasteiger partial charge < -0.3 is 15.2 Å². The molecule has 0 saturated carbocycles. The van der Waals surface area contributed by atoms with Crippen molar-refractivity contribution in [2.24, 2.45) is 0 Å². The molecule has 1 saturated heterocycles. The lowest BCUT2D eigenvalue weighted by atomic mass is 10.0. The van der Waals surface area contributed by atoms with E-state index in [-0.39, 0.29) is 5.56 Å². The van der Waals surface area contributed by atoms with Crippen molar-refractivity contribution in [2.75, 3.05) is 13.1 Å². The number of aromatic amines is 1. The number of rotatable bonds is 7. The normalized spacial score (nSPS) is 21.9. The highest BCUT2D eigenvalue weighted by Crippen LogP contribution is 2.27. The fraction of sp³-hybridized carbons (Fsp3) is 0.524. The molecular formula is C21H29N3O4. The van der Waals surface area contributed by atoms with Crippen LogP contribution in [0.4, 0.5) is 0 Å². The van der Waals surface area contributed by atoms with Crippen molar-refractivity contribution in [3.05, 3.63) is 67.5 Å². The van der Waals surface area contributed by atoms with Crippen LogP contribution in [0.25, 0.3) is 0 Å². The van der Waals surface area contributed by atoms with E-state index in [0.717, 1.165) is 13.0 Å². The molecule has 1 aliphatic heterocycles. The van der Waals surface area contributed by atoms with Gasteiger partial charge in [-0.15, -0.1) is 0 Å². The van der Waals surface area contributed by atoms with E-state index in [1.54, 1.807) is 0 Å². The summed E-state index contributed by atoms with van der Waals surface area (Å²) in [7, 11) is 0. The number of benzene rings is 1. The average Bonchev–Trinajstić information content (AvgIpc) is 3.01. The Morgan fingerprint density at radius 3 is 2.68 bits per heavy atom. The zero-order valence-electron chi connectivity index (χ0n) is 16.7. The summed E-state index contributed by atoms with van der Waals surface area (Å²) < 4.78 is 7.28. The second-order valence-electron chi connectivity index (χ2n) is 7.43. The molecule has 3 N–H and O–H groups in total. The fourth-order valence-electron chi connectivity index (χ4n) is 3.76. The molecule has 3 rings (SSSR count). The highest BCUT2D eigenvalue weighted by atomic mass is 16.5. The van der Waals surface area contributed by atoms with Crippen molar-refractivity contribution >= 4 is 0 Å². The van der Waals surface area contributed by atoms with Crippen molar-refractivity contribution in [1.29, 1.82) is 0 Å². The van der Waals surface area contributed by atoms with E-state index in [1.165, 1.54) is 27.5 Å². The van der Waals surface area contributed by atoms with Crippen LogP contribution in [0.15, 0.2) is 34.0 Å². The predicted octanol–water partition coefficient (Wildman–Crippen LogP) is 1.20. The summed E-state index contributed by atoms with van der Waals surface area (Å²) in [6.07, 6.45) is 1.65. The zero-order chi connectivity index (χ0) is 20.3. The summed E-state index contributed by atoms with van der Waals surface area (Å²) in [6.45, 7) is 7.36. The largest absolute Gasteiger partial charge is 0.390 e. The first-order chi connectivity index (χ1) is 13.4. The number of aromatic nitrogens is 2. The molecule has 3 atom stereocenters. The van der Waals surface area contributed by atoms with Crippen LogP contribution in [0.5, 0.6) is 0 Å². The number of hydrogen-bond donors (Lipinski definition) is 3. The van der Waals surface area contributed by atoms with Crippen LogP contribution in [0.2, 0.25) is 0 Å². The van der Waals surface area contributed by atoms with Gasteiger partial charge in [0, 0.05) is 24.7 Å². The van der Waals surface area contributed by atoms with E-state index in [1.807, 2.05) is 6.92 Å². The molecule has 0 amide bonds. The quantitative estimate of drug-likeness (QED) is 0.621. The molecule has 1 aliphatic rings. The molecule has 1 fully saturated rings. The molecule has 7 heteroatoms. The Balaban J connectivity index is 1.57. The molecule has 7 nitrogen and oxygen atoms in total. The zero-order valence-corrected chi connectivity index (χ0v) is 16.7. The maximum atomic E-state index is 12.1. The molecule has 2 heterocycles. The summed E-state index contributed by atoms with van der Waals surface area (Å²) >= 11 is 0. The number of hydrogen-bond acceptors (Lipinski definition) is 5. The minimum atomic E-state index is -0.665. The van der Waals surface area contributed by atoms with Crippen LogP contribution in [0.1, 0.15) is 41.8 Å². The first kappa shape index (κ1) is 20.5. The lowest BCUT2D eigenvalue weighted by molar-refractivity contribution is -0.0192. The number of aliphatic hydroxyl groups excluding tert-OH is 1. The SMILES string of the molecule is CCc1cn([C@H]2C[C@H](O)[C@@H](CNCCc3c(C)cccc3C)O2)c(=O)[nH]c1=O. The third kappa shape index (κ3) is 4.43. The number of H-pyrrole nitrogens is 1. The monoisotopic (exact) mass is 387 g/mol. The van der Waals surface area contributed by atoms with Crippen molar-refractivity contribution < 1.29 is 9.84 Å². The molecule has 152 valence electrons. The Kier molecular flexibility index (Phi) is 6.49. The number of aryl methyl sites for hydroxylation is 3. The van der Waals surface area contributed by atoms with Gasteiger partial charge in [-0.3, -0.25) is 14.3 Å². The molecule has 0 unspecified atom stereocenters. The van der Waals surface area contributed by atoms with E-state index in [4.69, 9.17) is 4.74 Å². The highest BCUT2D eigenvalue weighted by Gasteiger charge is 2.35. The van der Waals surface area contributed by atoms with Crippen LogP contribution in [-0.4, -0.2) is 40.0 Å². The molecule has 0 spiro atoms. The molecular weight excluding hydrogens is 358 g/mol. The molecule has 2 aromatic rings. The van der Waals surface area contributed by atoms with E-state index in [9.17, 15) is 14.7 Å². The van der Waals surface area contributed by atoms with Crippen LogP contribution >= 0.6 is 0 Å². The van der Waals surface area contributed by atoms with E-state index in [0.29, 0.717) is 24.9 Å². The fourth-order valence-corrected chi connectivity index (χ4v) is 3.76. The second kappa shape index (κ2) is 8.86. The van der Waals surface area contributed by atoms with Gasteiger partial charge in [-0.05, 0) is 49.9 Å². The van der Waals surface area contributed by atoms with Crippen LogP contribution in [0.3, 0.4) is 0 Å². The van der Waals surface area contributed by atoms with Crippen molar-refractivity contribution in [2.45, 2.75) is 58.5 Å². The third-order valence-corrected chi connectivity index (χ3v) is 5.48. The molecule has 0 bridgehead atoms. The van der Waals surface area contributed by atoms with E-state index >= 15 is 0 Å². The van der Waals surface area contributed by atoms with Gasteiger partial charge in [0.15, 0.2) is 0 Å². The minimum absolute atomic E-state index is 0.318. The second-order valence-corrected chi connectivity index (χ2v) is 7.43. The van der Waals surface area contributed by atoms with Crippen LogP contribution in [-0.2, 0) is 17.6 Å². The van der Waals surface area contributed by atoms with Gasteiger partial charge in [-0.2, -0.15) is 0 Å². The summed E-state index contributed by atoms with van der Waals surface area (Å²) in [5, 5.41) is 13.7. The van der Waals surface area contributed by atoms with E-state index in [2.05, 4.69) is 42.3 Å². The van der Waals surface area contributed by atoms with Gasteiger partial charge in [0.25, 0.3) is 5.56 Å². The number of nitrogens with one attached hydrogen (secondary N) is 2. The number of aliphatic hydroxyl groups is 1. The van der Waals surface area contributed by atoms with Crippen molar-refractivity contribution in [1.82, 2.24) is 14.9 Å². The van der Waals surface area contributed by atoms with Gasteiger partial charge in [-0.25, -0.2) is 4.79 Å². The molecule has 1 aromatic carbocycles. The van der Waals surface area contributed by atoms with Gasteiger partial charge in [0.05, 0.1) is 12.2 Å². The van der Waals surface area contributed by atoms with Crippen LogP contribution < -0.4 is 16.6 Å². The number of nitrogens with zero attached hydrogens (tertiary/aromatic N) is 1. The lowest BCUT2D eigenvalue weighted by Gasteiger charge is -2.17. The Hall–Kier alpha value is -2.22. The van der Waals surface area contributed by atoms with Gasteiger partial charge in [0.1, 0.15) is 6.23 Å². The molecule has 0 aliphatic carbocycles. The minimum Gasteiger partial charge on any atom is -0.390 e. The van der Waals surface area contributed by atoms with Crippen molar-refractivity contribution in [3.8, 4) is 0 Å². The lowest BCUT2D eigenvalue weighted by Crippen LogP contribution is -2.36. The Bertz CT molecular complexity index is 914. The van der Waals surface area contributed by atoms with Gasteiger partial charge in [0.2, 0.25) is 0 Å². The molecule has 28 heavy (non-hydrogen) atoms. The maximum Gasteiger partial charge on any atom is 0.330 e. The first-order valence-corrected chi connectivity index (χ1v) is 9.84. The van der Waals surface area contributed by atoms with Gasteiger partial charge in [-0.1, -0.05) is 25.1 Å².